The van der Waals surface area contributed by atoms with Crippen LogP contribution in [0.1, 0.15) is 46.5 Å². The predicted molar refractivity (Wildman–Crippen MR) is 62.8 cm³/mol. The summed E-state index contributed by atoms with van der Waals surface area (Å²) in [6, 6.07) is 1.53. The van der Waals surface area contributed by atoms with Crippen molar-refractivity contribution in [1.82, 2.24) is 4.90 Å². The number of aliphatic hydroxyl groups excluding tert-OH is 1. The van der Waals surface area contributed by atoms with Crippen molar-refractivity contribution in [3.63, 3.8) is 0 Å². The molecule has 2 rings (SSSR count). The monoisotopic (exact) mass is 211 g/mol. The molecular weight excluding hydrogens is 186 g/mol. The van der Waals surface area contributed by atoms with Crippen LogP contribution >= 0.6 is 0 Å². The SMILES string of the molecule is CC(C)(C)CN1[C@@H]2CC[C@H]1CC(CO)C2. The maximum atomic E-state index is 9.25. The molecule has 0 saturated carbocycles. The summed E-state index contributed by atoms with van der Waals surface area (Å²) in [5.41, 5.74) is 0.410. The minimum Gasteiger partial charge on any atom is -0.396 e. The van der Waals surface area contributed by atoms with E-state index in [1.807, 2.05) is 0 Å². The van der Waals surface area contributed by atoms with Crippen molar-refractivity contribution in [2.45, 2.75) is 58.5 Å². The average molecular weight is 211 g/mol. The zero-order valence-corrected chi connectivity index (χ0v) is 10.4. The molecule has 1 unspecified atom stereocenters. The minimum absolute atomic E-state index is 0.399. The Bertz CT molecular complexity index is 207. The third kappa shape index (κ3) is 2.54. The van der Waals surface area contributed by atoms with Gasteiger partial charge in [0.05, 0.1) is 0 Å². The molecular formula is C13H25NO. The standard InChI is InChI=1S/C13H25NO/c1-13(2,3)9-14-11-4-5-12(14)7-10(6-11)8-15/h10-12,15H,4-9H2,1-3H3/t10?,11-,12+. The number of nitrogens with zero attached hydrogens (tertiary/aromatic N) is 1. The van der Waals surface area contributed by atoms with Crippen LogP contribution in [0.5, 0.6) is 0 Å². The van der Waals surface area contributed by atoms with E-state index < -0.39 is 0 Å². The first-order valence-corrected chi connectivity index (χ1v) is 6.36. The maximum absolute atomic E-state index is 9.25. The number of piperidine rings is 1. The first-order valence-electron chi connectivity index (χ1n) is 6.36. The molecule has 3 atom stereocenters. The Hall–Kier alpha value is -0.0800. The van der Waals surface area contributed by atoms with E-state index in [1.54, 1.807) is 0 Å². The fraction of sp³-hybridized carbons (Fsp3) is 1.00. The second-order valence-electron chi connectivity index (χ2n) is 6.64. The summed E-state index contributed by atoms with van der Waals surface area (Å²) >= 11 is 0. The predicted octanol–water partition coefficient (Wildman–Crippen LogP) is 2.27. The minimum atomic E-state index is 0.399. The highest BCUT2D eigenvalue weighted by atomic mass is 16.3. The topological polar surface area (TPSA) is 23.5 Å². The molecule has 0 radical (unpaired) electrons. The lowest BCUT2D eigenvalue weighted by atomic mass is 9.88. The van der Waals surface area contributed by atoms with E-state index in [4.69, 9.17) is 0 Å². The molecule has 0 aromatic heterocycles. The molecule has 0 amide bonds. The Kier molecular flexibility index (Phi) is 3.09. The van der Waals surface area contributed by atoms with Crippen LogP contribution in [0.3, 0.4) is 0 Å². The Morgan fingerprint density at radius 1 is 1.13 bits per heavy atom. The van der Waals surface area contributed by atoms with Crippen LogP contribution in [0, 0.1) is 11.3 Å². The molecule has 0 spiro atoms. The molecule has 1 N–H and O–H groups in total. The Balaban J connectivity index is 1.99. The molecule has 88 valence electrons. The molecule has 0 aliphatic carbocycles. The molecule has 0 aromatic carbocycles. The fourth-order valence-electron chi connectivity index (χ4n) is 3.34. The van der Waals surface area contributed by atoms with Crippen LogP contribution in [-0.2, 0) is 0 Å². The Morgan fingerprint density at radius 3 is 2.07 bits per heavy atom. The van der Waals surface area contributed by atoms with Gasteiger partial charge in [0.15, 0.2) is 0 Å². The number of aliphatic hydroxyl groups is 1. The van der Waals surface area contributed by atoms with Gasteiger partial charge in [0, 0.05) is 25.2 Å². The van der Waals surface area contributed by atoms with Gasteiger partial charge in [-0.25, -0.2) is 0 Å². The van der Waals surface area contributed by atoms with Crippen molar-refractivity contribution >= 4 is 0 Å². The molecule has 2 saturated heterocycles. The van der Waals surface area contributed by atoms with E-state index in [9.17, 15) is 5.11 Å². The van der Waals surface area contributed by atoms with Crippen LogP contribution < -0.4 is 0 Å². The van der Waals surface area contributed by atoms with E-state index in [0.717, 1.165) is 12.1 Å². The lowest BCUT2D eigenvalue weighted by Gasteiger charge is -2.41. The van der Waals surface area contributed by atoms with Crippen molar-refractivity contribution in [2.75, 3.05) is 13.2 Å². The number of hydrogen-bond acceptors (Lipinski definition) is 2. The summed E-state index contributed by atoms with van der Waals surface area (Å²) in [5.74, 6) is 0.582. The van der Waals surface area contributed by atoms with Crippen LogP contribution in [0.4, 0.5) is 0 Å². The Labute approximate surface area is 93.7 Å². The number of rotatable bonds is 2. The molecule has 0 aromatic rings. The highest BCUT2D eigenvalue weighted by Gasteiger charge is 2.41. The van der Waals surface area contributed by atoms with E-state index in [-0.39, 0.29) is 0 Å². The van der Waals surface area contributed by atoms with Crippen molar-refractivity contribution in [2.24, 2.45) is 11.3 Å². The second-order valence-corrected chi connectivity index (χ2v) is 6.64. The average Bonchev–Trinajstić information content (AvgIpc) is 2.37. The van der Waals surface area contributed by atoms with Crippen LogP contribution in [0.25, 0.3) is 0 Å². The summed E-state index contributed by atoms with van der Waals surface area (Å²) < 4.78 is 0. The highest BCUT2D eigenvalue weighted by Crippen LogP contribution is 2.39. The zero-order chi connectivity index (χ0) is 11.1. The quantitative estimate of drug-likeness (QED) is 0.757. The third-order valence-electron chi connectivity index (χ3n) is 3.90. The molecule has 2 aliphatic rings. The zero-order valence-electron chi connectivity index (χ0n) is 10.4. The lowest BCUT2D eigenvalue weighted by molar-refractivity contribution is 0.0494. The second kappa shape index (κ2) is 4.06. The van der Waals surface area contributed by atoms with E-state index in [0.29, 0.717) is 17.9 Å². The van der Waals surface area contributed by atoms with Gasteiger partial charge in [-0.1, -0.05) is 20.8 Å². The highest BCUT2D eigenvalue weighted by molar-refractivity contribution is 4.96. The molecule has 15 heavy (non-hydrogen) atoms. The van der Waals surface area contributed by atoms with Crippen molar-refractivity contribution in [1.29, 1.82) is 0 Å². The van der Waals surface area contributed by atoms with Crippen LogP contribution in [0.15, 0.2) is 0 Å². The first-order chi connectivity index (χ1) is 6.99. The van der Waals surface area contributed by atoms with Gasteiger partial charge >= 0.3 is 0 Å². The molecule has 2 aliphatic heterocycles. The van der Waals surface area contributed by atoms with Crippen molar-refractivity contribution in [3.8, 4) is 0 Å². The van der Waals surface area contributed by atoms with Gasteiger partial charge in [0.1, 0.15) is 0 Å². The summed E-state index contributed by atoms with van der Waals surface area (Å²) in [6.45, 7) is 8.59. The van der Waals surface area contributed by atoms with Gasteiger partial charge in [-0.05, 0) is 37.0 Å². The van der Waals surface area contributed by atoms with Gasteiger partial charge in [-0.2, -0.15) is 0 Å². The van der Waals surface area contributed by atoms with E-state index in [1.165, 1.54) is 32.2 Å². The van der Waals surface area contributed by atoms with Gasteiger partial charge < -0.3 is 5.11 Å². The Morgan fingerprint density at radius 2 is 1.67 bits per heavy atom. The smallest absolute Gasteiger partial charge is 0.0460 e. The van der Waals surface area contributed by atoms with Gasteiger partial charge in [0.2, 0.25) is 0 Å². The first kappa shape index (κ1) is 11.4. The molecule has 2 fully saturated rings. The summed E-state index contributed by atoms with van der Waals surface area (Å²) in [4.78, 5) is 2.71. The van der Waals surface area contributed by atoms with E-state index in [2.05, 4.69) is 25.7 Å². The van der Waals surface area contributed by atoms with Gasteiger partial charge in [0.25, 0.3) is 0 Å². The lowest BCUT2D eigenvalue weighted by Crippen LogP contribution is -2.47. The largest absolute Gasteiger partial charge is 0.396 e. The molecule has 2 heterocycles. The summed E-state index contributed by atoms with van der Waals surface area (Å²) in [5, 5.41) is 9.25. The van der Waals surface area contributed by atoms with Gasteiger partial charge in [-0.15, -0.1) is 0 Å². The summed E-state index contributed by atoms with van der Waals surface area (Å²) in [7, 11) is 0. The van der Waals surface area contributed by atoms with Gasteiger partial charge in [-0.3, -0.25) is 4.90 Å². The third-order valence-corrected chi connectivity index (χ3v) is 3.90. The summed E-state index contributed by atoms with van der Waals surface area (Å²) in [6.07, 6.45) is 5.17. The molecule has 2 heteroatoms. The normalized spacial score (nSPS) is 37.2. The number of hydrogen-bond donors (Lipinski definition) is 1. The van der Waals surface area contributed by atoms with Crippen LogP contribution in [0.2, 0.25) is 0 Å². The van der Waals surface area contributed by atoms with Crippen molar-refractivity contribution in [3.05, 3.63) is 0 Å². The maximum Gasteiger partial charge on any atom is 0.0460 e. The van der Waals surface area contributed by atoms with Crippen LogP contribution in [-0.4, -0.2) is 35.2 Å². The molecule has 2 bridgehead atoms. The number of fused-ring (bicyclic) bond motifs is 2. The van der Waals surface area contributed by atoms with Crippen molar-refractivity contribution < 1.29 is 5.11 Å². The van der Waals surface area contributed by atoms with E-state index >= 15 is 0 Å². The molecule has 2 nitrogen and oxygen atoms in total. The fourth-order valence-corrected chi connectivity index (χ4v) is 3.34.